The summed E-state index contributed by atoms with van der Waals surface area (Å²) in [5, 5.41) is 23.1. The van der Waals surface area contributed by atoms with Crippen LogP contribution in [0, 0.1) is 0 Å². The molecule has 0 aliphatic heterocycles. The van der Waals surface area contributed by atoms with Gasteiger partial charge in [-0.05, 0) is 41.3 Å². The number of aliphatic carboxylic acids is 1. The summed E-state index contributed by atoms with van der Waals surface area (Å²) < 4.78 is 1.75. The molecule has 1 heterocycles. The zero-order valence-electron chi connectivity index (χ0n) is 18.9. The van der Waals surface area contributed by atoms with E-state index in [0.29, 0.717) is 11.1 Å². The van der Waals surface area contributed by atoms with Gasteiger partial charge < -0.3 is 10.4 Å². The number of nitrogens with one attached hydrogen (secondary N) is 1. The van der Waals surface area contributed by atoms with Gasteiger partial charge in [0, 0.05) is 11.8 Å². The summed E-state index contributed by atoms with van der Waals surface area (Å²) in [5.41, 5.74) is 3.25. The van der Waals surface area contributed by atoms with Gasteiger partial charge >= 0.3 is 5.97 Å². The van der Waals surface area contributed by atoms with Gasteiger partial charge in [0.2, 0.25) is 5.91 Å². The first-order valence-corrected chi connectivity index (χ1v) is 12.4. The second-order valence-corrected chi connectivity index (χ2v) is 9.55. The highest BCUT2D eigenvalue weighted by Crippen LogP contribution is 2.44. The van der Waals surface area contributed by atoms with Gasteiger partial charge in [-0.3, -0.25) is 9.36 Å². The van der Waals surface area contributed by atoms with Crippen LogP contribution in [0.4, 0.5) is 0 Å². The molecule has 1 unspecified atom stereocenters. The van der Waals surface area contributed by atoms with Gasteiger partial charge in [-0.25, -0.2) is 4.79 Å². The summed E-state index contributed by atoms with van der Waals surface area (Å²) in [6.07, 6.45) is 2.61. The minimum atomic E-state index is -1.08. The number of hydrogen-bond donors (Lipinski definition) is 2. The maximum absolute atomic E-state index is 12.6. The van der Waals surface area contributed by atoms with Crippen molar-refractivity contribution in [3.05, 3.63) is 77.9 Å². The van der Waals surface area contributed by atoms with E-state index in [0.717, 1.165) is 16.6 Å². The number of amides is 1. The van der Waals surface area contributed by atoms with Gasteiger partial charge in [-0.1, -0.05) is 72.4 Å². The Morgan fingerprint density at radius 3 is 2.46 bits per heavy atom. The monoisotopic (exact) mass is 482 g/mol. The van der Waals surface area contributed by atoms with Crippen LogP contribution in [0.3, 0.4) is 0 Å². The molecule has 0 saturated heterocycles. The number of carboxylic acids is 1. The van der Waals surface area contributed by atoms with Crippen molar-refractivity contribution in [1.29, 1.82) is 0 Å². The fourth-order valence-corrected chi connectivity index (χ4v) is 5.03. The molecule has 174 valence electrons. The van der Waals surface area contributed by atoms with Crippen molar-refractivity contribution in [1.82, 2.24) is 20.1 Å². The van der Waals surface area contributed by atoms with E-state index in [2.05, 4.69) is 33.7 Å². The minimum absolute atomic E-state index is 0.0191. The van der Waals surface area contributed by atoms with E-state index in [1.807, 2.05) is 48.5 Å². The van der Waals surface area contributed by atoms with Crippen molar-refractivity contribution in [3.8, 4) is 5.69 Å². The lowest BCUT2D eigenvalue weighted by Gasteiger charge is -2.16. The average Bonchev–Trinajstić information content (AvgIpc) is 3.64. The predicted octanol–water partition coefficient (Wildman–Crippen LogP) is 3.00. The van der Waals surface area contributed by atoms with Gasteiger partial charge in [-0.2, -0.15) is 0 Å². The second-order valence-electron chi connectivity index (χ2n) is 8.61. The Morgan fingerprint density at radius 1 is 1.03 bits per heavy atom. The number of fused-ring (bicyclic) bond motifs is 1. The van der Waals surface area contributed by atoms with Gasteiger partial charge in [0.25, 0.3) is 0 Å². The van der Waals surface area contributed by atoms with Crippen molar-refractivity contribution in [2.75, 3.05) is 5.75 Å². The number of rotatable bonds is 9. The Hall–Kier alpha value is -3.59. The van der Waals surface area contributed by atoms with E-state index in [-0.39, 0.29) is 17.9 Å². The molecule has 2 N–H and O–H groups in total. The third kappa shape index (κ3) is 5.10. The van der Waals surface area contributed by atoms with Crippen LogP contribution in [0.25, 0.3) is 16.5 Å². The molecule has 1 aliphatic carbocycles. The molecule has 0 spiro atoms. The molecule has 1 saturated carbocycles. The maximum atomic E-state index is 12.6. The van der Waals surface area contributed by atoms with Crippen LogP contribution < -0.4 is 11.0 Å². The number of aromatic nitrogens is 3. The van der Waals surface area contributed by atoms with E-state index in [1.54, 1.807) is 4.57 Å². The van der Waals surface area contributed by atoms with Crippen molar-refractivity contribution >= 4 is 48.0 Å². The lowest BCUT2D eigenvalue weighted by molar-refractivity contribution is -0.141. The lowest BCUT2D eigenvalue weighted by Crippen LogP contribution is -2.43. The van der Waals surface area contributed by atoms with Crippen molar-refractivity contribution in [3.63, 3.8) is 0 Å². The molecule has 1 fully saturated rings. The molecular formula is C26H23BN4O3S. The van der Waals surface area contributed by atoms with Crippen molar-refractivity contribution in [2.24, 2.45) is 0 Å². The Kier molecular flexibility index (Phi) is 6.59. The topological polar surface area (TPSA) is 97.1 Å². The van der Waals surface area contributed by atoms with Crippen LogP contribution in [-0.4, -0.2) is 51.4 Å². The molecule has 2 radical (unpaired) electrons. The normalized spacial score (nSPS) is 14.1. The number of carbonyl (C=O) groups is 2. The molecule has 1 aromatic heterocycles. The zero-order valence-corrected chi connectivity index (χ0v) is 19.7. The van der Waals surface area contributed by atoms with E-state index >= 15 is 0 Å². The van der Waals surface area contributed by atoms with Crippen LogP contribution in [0.1, 0.15) is 29.9 Å². The molecule has 1 aliphatic rings. The van der Waals surface area contributed by atoms with Crippen LogP contribution in [-0.2, 0) is 16.0 Å². The number of hydrogen-bond acceptors (Lipinski definition) is 5. The number of nitrogens with zero attached hydrogens (tertiary/aromatic N) is 3. The largest absolute Gasteiger partial charge is 0.480 e. The van der Waals surface area contributed by atoms with Gasteiger partial charge in [0.15, 0.2) is 13.0 Å². The van der Waals surface area contributed by atoms with Gasteiger partial charge in [0.05, 0.1) is 17.2 Å². The summed E-state index contributed by atoms with van der Waals surface area (Å²) in [6.45, 7) is 0. The van der Waals surface area contributed by atoms with Crippen LogP contribution in [0.2, 0.25) is 0 Å². The molecule has 3 aromatic carbocycles. The highest BCUT2D eigenvalue weighted by molar-refractivity contribution is 7.99. The fourth-order valence-electron chi connectivity index (χ4n) is 4.27. The van der Waals surface area contributed by atoms with E-state index in [9.17, 15) is 14.7 Å². The summed E-state index contributed by atoms with van der Waals surface area (Å²) in [7, 11) is 6.19. The third-order valence-corrected chi connectivity index (χ3v) is 7.03. The van der Waals surface area contributed by atoms with Crippen LogP contribution in [0.15, 0.2) is 71.9 Å². The van der Waals surface area contributed by atoms with Crippen LogP contribution >= 0.6 is 11.8 Å². The quantitative estimate of drug-likeness (QED) is 0.281. The summed E-state index contributed by atoms with van der Waals surface area (Å²) in [5.74, 6) is -0.903. The van der Waals surface area contributed by atoms with Gasteiger partial charge in [-0.15, -0.1) is 10.2 Å². The number of carbonyl (C=O) groups excluding carboxylic acids is 1. The SMILES string of the molecule is [B]c1nnc(SCC(=O)NC(Cc2ccccc2)C(=O)O)n1-c1ccc(C2CC2)c2ccccc12. The Morgan fingerprint density at radius 2 is 1.74 bits per heavy atom. The Balaban J connectivity index is 1.34. The predicted molar refractivity (Wildman–Crippen MR) is 137 cm³/mol. The minimum Gasteiger partial charge on any atom is -0.480 e. The molecule has 1 atom stereocenters. The Bertz CT molecular complexity index is 1390. The number of thioether (sulfide) groups is 1. The van der Waals surface area contributed by atoms with Crippen LogP contribution in [0.5, 0.6) is 0 Å². The molecular weight excluding hydrogens is 459 g/mol. The molecule has 5 rings (SSSR count). The zero-order chi connectivity index (χ0) is 24.4. The highest BCUT2D eigenvalue weighted by atomic mass is 32.2. The second kappa shape index (κ2) is 9.96. The molecule has 1 amide bonds. The average molecular weight is 482 g/mol. The Labute approximate surface area is 208 Å². The standard InChI is InChI=1S/C26H23BN4O3S/c27-25-29-30-26(35-15-23(32)28-21(24(33)34)14-16-6-2-1-3-7-16)31(25)22-13-12-18(17-10-11-17)19-8-4-5-9-20(19)22/h1-9,12-13,17,21H,10-11,14-15H2,(H,28,32)(H,33,34). The number of benzene rings is 3. The van der Waals surface area contributed by atoms with Crippen molar-refractivity contribution in [2.45, 2.75) is 36.4 Å². The molecule has 9 heteroatoms. The molecule has 35 heavy (non-hydrogen) atoms. The third-order valence-electron chi connectivity index (χ3n) is 6.10. The van der Waals surface area contributed by atoms with E-state index in [4.69, 9.17) is 7.85 Å². The molecule has 4 aromatic rings. The van der Waals surface area contributed by atoms with Gasteiger partial charge in [0.1, 0.15) is 6.04 Å². The maximum Gasteiger partial charge on any atom is 0.326 e. The van der Waals surface area contributed by atoms with E-state index in [1.165, 1.54) is 35.6 Å². The molecule has 0 bridgehead atoms. The first kappa shape index (κ1) is 23.2. The fraction of sp³-hybridized carbons (Fsp3) is 0.231. The lowest BCUT2D eigenvalue weighted by atomic mass is 9.99. The van der Waals surface area contributed by atoms with Crippen molar-refractivity contribution < 1.29 is 14.7 Å². The first-order chi connectivity index (χ1) is 17.0. The smallest absolute Gasteiger partial charge is 0.326 e. The summed E-state index contributed by atoms with van der Waals surface area (Å²) >= 11 is 1.17. The molecule has 7 nitrogen and oxygen atoms in total. The summed E-state index contributed by atoms with van der Waals surface area (Å²) in [4.78, 5) is 24.3. The summed E-state index contributed by atoms with van der Waals surface area (Å²) in [6, 6.07) is 20.5. The first-order valence-electron chi connectivity index (χ1n) is 11.4. The number of carboxylic acid groups (broad SMARTS) is 1. The highest BCUT2D eigenvalue weighted by Gasteiger charge is 2.26. The van der Waals surface area contributed by atoms with E-state index < -0.39 is 17.9 Å².